The predicted octanol–water partition coefficient (Wildman–Crippen LogP) is 2.69. The maximum Gasteiger partial charge on any atom is 0.276 e. The molecule has 1 aromatic carbocycles. The van der Waals surface area contributed by atoms with E-state index in [-0.39, 0.29) is 0 Å². The van der Waals surface area contributed by atoms with E-state index in [2.05, 4.69) is 25.4 Å². The number of rotatable bonds is 3. The molecule has 0 saturated carbocycles. The van der Waals surface area contributed by atoms with Gasteiger partial charge in [-0.25, -0.2) is 4.68 Å². The largest absolute Gasteiger partial charge is 0.332 e. The second-order valence-corrected chi connectivity index (χ2v) is 4.91. The lowest BCUT2D eigenvalue weighted by atomic mass is 10.3. The zero-order chi connectivity index (χ0) is 15.6. The summed E-state index contributed by atoms with van der Waals surface area (Å²) in [6, 6.07) is 15.3. The van der Waals surface area contributed by atoms with Crippen molar-refractivity contribution in [2.45, 2.75) is 6.92 Å². The molecule has 0 atom stereocenters. The fourth-order valence-electron chi connectivity index (χ4n) is 2.26. The van der Waals surface area contributed by atoms with E-state index in [4.69, 9.17) is 4.52 Å². The molecule has 0 bridgehead atoms. The van der Waals surface area contributed by atoms with Gasteiger partial charge in [-0.1, -0.05) is 34.6 Å². The number of para-hydroxylation sites is 1. The highest BCUT2D eigenvalue weighted by molar-refractivity contribution is 5.56. The predicted molar refractivity (Wildman–Crippen MR) is 82.6 cm³/mol. The summed E-state index contributed by atoms with van der Waals surface area (Å²) in [5.74, 6) is 0.750. The van der Waals surface area contributed by atoms with Gasteiger partial charge in [-0.15, -0.1) is 5.10 Å². The van der Waals surface area contributed by atoms with Crippen molar-refractivity contribution in [3.63, 3.8) is 0 Å². The molecule has 3 aromatic heterocycles. The van der Waals surface area contributed by atoms with Gasteiger partial charge in [-0.05, 0) is 31.2 Å². The molecule has 112 valence electrons. The average molecular weight is 304 g/mol. The van der Waals surface area contributed by atoms with Crippen LogP contribution in [0.15, 0.2) is 59.3 Å². The van der Waals surface area contributed by atoms with Crippen LogP contribution in [0, 0.1) is 6.92 Å². The molecule has 0 aliphatic heterocycles. The van der Waals surface area contributed by atoms with Gasteiger partial charge >= 0.3 is 0 Å². The number of nitrogens with zero attached hydrogens (tertiary/aromatic N) is 6. The first-order valence-electron chi connectivity index (χ1n) is 7.06. The van der Waals surface area contributed by atoms with Crippen LogP contribution in [0.1, 0.15) is 5.69 Å². The topological polar surface area (TPSA) is 82.5 Å². The molecule has 0 fully saturated rings. The van der Waals surface area contributed by atoms with Crippen molar-refractivity contribution in [1.29, 1.82) is 0 Å². The summed E-state index contributed by atoms with van der Waals surface area (Å²) in [6.45, 7) is 1.92. The van der Waals surface area contributed by atoms with Crippen molar-refractivity contribution in [3.8, 4) is 28.8 Å². The molecule has 0 N–H and O–H groups in total. The Morgan fingerprint density at radius 2 is 1.83 bits per heavy atom. The monoisotopic (exact) mass is 304 g/mol. The molecule has 0 amide bonds. The molecular formula is C16H12N6O. The summed E-state index contributed by atoms with van der Waals surface area (Å²) in [6.07, 6.45) is 1.68. The van der Waals surface area contributed by atoms with Gasteiger partial charge in [0.15, 0.2) is 5.69 Å². The molecule has 0 spiro atoms. The van der Waals surface area contributed by atoms with Gasteiger partial charge in [0.25, 0.3) is 5.89 Å². The molecule has 0 radical (unpaired) electrons. The normalized spacial score (nSPS) is 10.8. The Kier molecular flexibility index (Phi) is 3.16. The molecule has 4 aromatic rings. The lowest BCUT2D eigenvalue weighted by molar-refractivity contribution is 0.430. The van der Waals surface area contributed by atoms with E-state index in [1.54, 1.807) is 10.9 Å². The third-order valence-corrected chi connectivity index (χ3v) is 3.42. The number of hydrogen-bond donors (Lipinski definition) is 0. The minimum absolute atomic E-state index is 0.356. The van der Waals surface area contributed by atoms with Crippen molar-refractivity contribution in [1.82, 2.24) is 30.1 Å². The highest BCUT2D eigenvalue weighted by atomic mass is 16.5. The standard InChI is InChI=1S/C16H12N6O/c1-11-14(19-21-22(11)12-7-3-2-4-8-12)15-18-16(23-20-15)13-9-5-6-10-17-13/h2-10H,1H3. The van der Waals surface area contributed by atoms with Gasteiger partial charge in [-0.3, -0.25) is 4.98 Å². The number of benzene rings is 1. The van der Waals surface area contributed by atoms with Crippen LogP contribution >= 0.6 is 0 Å². The lowest BCUT2D eigenvalue weighted by Gasteiger charge is -2.01. The molecule has 0 saturated heterocycles. The van der Waals surface area contributed by atoms with Gasteiger partial charge in [0.05, 0.1) is 11.4 Å². The SMILES string of the molecule is Cc1c(-c2noc(-c3ccccn3)n2)nnn1-c1ccccc1. The first-order chi connectivity index (χ1) is 11.3. The zero-order valence-electron chi connectivity index (χ0n) is 12.3. The zero-order valence-corrected chi connectivity index (χ0v) is 12.3. The molecule has 7 nitrogen and oxygen atoms in total. The molecule has 0 unspecified atom stereocenters. The fourth-order valence-corrected chi connectivity index (χ4v) is 2.26. The van der Waals surface area contributed by atoms with Crippen molar-refractivity contribution >= 4 is 0 Å². The Morgan fingerprint density at radius 1 is 1.00 bits per heavy atom. The van der Waals surface area contributed by atoms with Crippen molar-refractivity contribution in [2.75, 3.05) is 0 Å². The van der Waals surface area contributed by atoms with Crippen molar-refractivity contribution in [3.05, 3.63) is 60.4 Å². The summed E-state index contributed by atoms with van der Waals surface area (Å²) in [4.78, 5) is 8.56. The minimum atomic E-state index is 0.356. The van der Waals surface area contributed by atoms with E-state index in [1.807, 2.05) is 55.5 Å². The van der Waals surface area contributed by atoms with Crippen LogP contribution < -0.4 is 0 Å². The van der Waals surface area contributed by atoms with E-state index >= 15 is 0 Å². The Balaban J connectivity index is 1.73. The van der Waals surface area contributed by atoms with E-state index in [0.717, 1.165) is 11.4 Å². The highest BCUT2D eigenvalue weighted by Gasteiger charge is 2.18. The van der Waals surface area contributed by atoms with Crippen LogP contribution in [-0.2, 0) is 0 Å². The third-order valence-electron chi connectivity index (χ3n) is 3.42. The Hall–Kier alpha value is -3.35. The Bertz CT molecular complexity index is 930. The molecule has 0 aliphatic carbocycles. The smallest absolute Gasteiger partial charge is 0.276 e. The summed E-state index contributed by atoms with van der Waals surface area (Å²) in [5.41, 5.74) is 2.97. The average Bonchev–Trinajstić information content (AvgIpc) is 3.23. The van der Waals surface area contributed by atoms with Crippen LogP contribution in [0.4, 0.5) is 0 Å². The molecule has 4 rings (SSSR count). The molecule has 23 heavy (non-hydrogen) atoms. The summed E-state index contributed by atoms with van der Waals surface area (Å²) in [7, 11) is 0. The number of hydrogen-bond acceptors (Lipinski definition) is 6. The van der Waals surface area contributed by atoms with Crippen molar-refractivity contribution in [2.24, 2.45) is 0 Å². The van der Waals surface area contributed by atoms with Gasteiger partial charge < -0.3 is 4.52 Å². The van der Waals surface area contributed by atoms with Crippen molar-refractivity contribution < 1.29 is 4.52 Å². The lowest BCUT2D eigenvalue weighted by Crippen LogP contribution is -1.98. The Labute approximate surface area is 131 Å². The summed E-state index contributed by atoms with van der Waals surface area (Å²) < 4.78 is 7.02. The van der Waals surface area contributed by atoms with Crippen LogP contribution in [0.5, 0.6) is 0 Å². The second-order valence-electron chi connectivity index (χ2n) is 4.91. The van der Waals surface area contributed by atoms with E-state index < -0.39 is 0 Å². The van der Waals surface area contributed by atoms with E-state index in [1.165, 1.54) is 0 Å². The Morgan fingerprint density at radius 3 is 2.61 bits per heavy atom. The molecular weight excluding hydrogens is 292 g/mol. The van der Waals surface area contributed by atoms with E-state index in [0.29, 0.717) is 23.1 Å². The second kappa shape index (κ2) is 5.45. The maximum absolute atomic E-state index is 5.27. The maximum atomic E-state index is 5.27. The molecule has 7 heteroatoms. The number of pyridine rings is 1. The molecule has 3 heterocycles. The summed E-state index contributed by atoms with van der Waals surface area (Å²) in [5, 5.41) is 12.3. The van der Waals surface area contributed by atoms with Gasteiger partial charge in [0.2, 0.25) is 5.82 Å². The highest BCUT2D eigenvalue weighted by Crippen LogP contribution is 2.22. The van der Waals surface area contributed by atoms with Gasteiger partial charge in [-0.2, -0.15) is 4.98 Å². The fraction of sp³-hybridized carbons (Fsp3) is 0.0625. The van der Waals surface area contributed by atoms with Crippen LogP contribution in [0.25, 0.3) is 28.8 Å². The van der Waals surface area contributed by atoms with Crippen LogP contribution in [0.2, 0.25) is 0 Å². The minimum Gasteiger partial charge on any atom is -0.332 e. The number of aromatic nitrogens is 6. The van der Waals surface area contributed by atoms with Gasteiger partial charge in [0, 0.05) is 6.20 Å². The third kappa shape index (κ3) is 2.38. The first-order valence-corrected chi connectivity index (χ1v) is 7.06. The van der Waals surface area contributed by atoms with Gasteiger partial charge in [0.1, 0.15) is 5.69 Å². The summed E-state index contributed by atoms with van der Waals surface area (Å²) >= 11 is 0. The van der Waals surface area contributed by atoms with Crippen LogP contribution in [0.3, 0.4) is 0 Å². The first kappa shape index (κ1) is 13.3. The van der Waals surface area contributed by atoms with E-state index in [9.17, 15) is 0 Å². The quantitative estimate of drug-likeness (QED) is 0.578. The van der Waals surface area contributed by atoms with Crippen LogP contribution in [-0.4, -0.2) is 30.1 Å². The molecule has 0 aliphatic rings.